The van der Waals surface area contributed by atoms with Crippen molar-refractivity contribution in [3.05, 3.63) is 11.3 Å². The molecule has 1 aliphatic rings. The Morgan fingerprint density at radius 1 is 1.42 bits per heavy atom. The summed E-state index contributed by atoms with van der Waals surface area (Å²) < 4.78 is 0. The van der Waals surface area contributed by atoms with Crippen LogP contribution >= 0.6 is 11.8 Å². The molecule has 0 saturated heterocycles. The highest BCUT2D eigenvalue weighted by Gasteiger charge is 2.31. The number of rotatable bonds is 7. The highest BCUT2D eigenvalue weighted by molar-refractivity contribution is 7.99. The normalized spacial score (nSPS) is 23.6. The van der Waals surface area contributed by atoms with Crippen molar-refractivity contribution in [2.24, 2.45) is 11.7 Å². The topological polar surface area (TPSA) is 63.3 Å². The Balaban J connectivity index is 2.67. The molecule has 3 atom stereocenters. The minimum atomic E-state index is -0.291. The summed E-state index contributed by atoms with van der Waals surface area (Å²) in [5.41, 5.74) is 6.49. The van der Waals surface area contributed by atoms with Gasteiger partial charge in [0.1, 0.15) is 5.76 Å². The molecule has 0 aromatic heterocycles. The third kappa shape index (κ3) is 4.84. The number of aliphatic hydroxyl groups excluding tert-OH is 1. The largest absolute Gasteiger partial charge is 0.512 e. The van der Waals surface area contributed by atoms with Gasteiger partial charge in [-0.15, -0.1) is 0 Å². The number of hydrogen-bond donors (Lipinski definition) is 2. The average molecular weight is 285 g/mol. The molecule has 0 amide bonds. The quantitative estimate of drug-likeness (QED) is 0.752. The standard InChI is InChI=1S/C15H27NO2S/c1-4-6-12(16)15-13(17)8-11(9-14(15)18)7-10(3)19-5-2/h10-12,17H,4-9,16H2,1-3H3/t10-,11-,12?/m1/s1. The van der Waals surface area contributed by atoms with Crippen molar-refractivity contribution in [2.75, 3.05) is 5.75 Å². The molecule has 0 heterocycles. The van der Waals surface area contributed by atoms with Gasteiger partial charge in [0, 0.05) is 29.7 Å². The molecule has 1 rings (SSSR count). The van der Waals surface area contributed by atoms with Crippen LogP contribution in [0.15, 0.2) is 11.3 Å². The molecule has 3 N–H and O–H groups in total. The highest BCUT2D eigenvalue weighted by atomic mass is 32.2. The molecule has 0 aromatic rings. The summed E-state index contributed by atoms with van der Waals surface area (Å²) in [5, 5.41) is 10.7. The van der Waals surface area contributed by atoms with Gasteiger partial charge < -0.3 is 10.8 Å². The third-order valence-corrected chi connectivity index (χ3v) is 4.75. The maximum Gasteiger partial charge on any atom is 0.164 e. The van der Waals surface area contributed by atoms with Crippen LogP contribution in [0, 0.1) is 5.92 Å². The number of carbonyl (C=O) groups excluding carboxylic acids is 1. The molecule has 0 spiro atoms. The van der Waals surface area contributed by atoms with Gasteiger partial charge in [0.05, 0.1) is 0 Å². The van der Waals surface area contributed by atoms with Crippen molar-refractivity contribution < 1.29 is 9.90 Å². The zero-order valence-corrected chi connectivity index (χ0v) is 13.1. The van der Waals surface area contributed by atoms with E-state index >= 15 is 0 Å². The third-order valence-electron chi connectivity index (χ3n) is 3.65. The first kappa shape index (κ1) is 16.6. The minimum absolute atomic E-state index is 0.0587. The molecule has 0 bridgehead atoms. The second kappa shape index (κ2) is 7.95. The lowest BCUT2D eigenvalue weighted by atomic mass is 9.81. The molecule has 3 nitrogen and oxygen atoms in total. The lowest BCUT2D eigenvalue weighted by Gasteiger charge is -2.27. The first-order chi connectivity index (χ1) is 8.99. The second-order valence-electron chi connectivity index (χ2n) is 5.45. The maximum atomic E-state index is 12.2. The van der Waals surface area contributed by atoms with Crippen LogP contribution in [-0.2, 0) is 4.79 Å². The summed E-state index contributed by atoms with van der Waals surface area (Å²) in [6, 6.07) is -0.291. The first-order valence-electron chi connectivity index (χ1n) is 7.31. The van der Waals surface area contributed by atoms with Crippen LogP contribution in [0.4, 0.5) is 0 Å². The van der Waals surface area contributed by atoms with E-state index in [1.165, 1.54) is 0 Å². The van der Waals surface area contributed by atoms with Crippen molar-refractivity contribution >= 4 is 17.5 Å². The Kier molecular flexibility index (Phi) is 6.94. The van der Waals surface area contributed by atoms with E-state index in [9.17, 15) is 9.90 Å². The summed E-state index contributed by atoms with van der Waals surface area (Å²) in [5.74, 6) is 1.68. The molecule has 0 saturated carbocycles. The number of Topliss-reactive ketones (excluding diaryl/α,β-unsaturated/α-hetero) is 1. The molecule has 1 unspecified atom stereocenters. The lowest BCUT2D eigenvalue weighted by molar-refractivity contribution is -0.117. The fourth-order valence-corrected chi connectivity index (χ4v) is 3.83. The van der Waals surface area contributed by atoms with Crippen molar-refractivity contribution in [2.45, 2.75) is 64.2 Å². The molecule has 19 heavy (non-hydrogen) atoms. The van der Waals surface area contributed by atoms with Crippen molar-refractivity contribution in [3.8, 4) is 0 Å². The summed E-state index contributed by atoms with van der Waals surface area (Å²) in [6.07, 6.45) is 3.85. The van der Waals surface area contributed by atoms with Crippen LogP contribution in [0.5, 0.6) is 0 Å². The SMILES string of the molecule is CCCC(N)C1=C(O)C[C@@H](C[C@@H](C)SCC)CC1=O. The van der Waals surface area contributed by atoms with Crippen LogP contribution in [0.3, 0.4) is 0 Å². The van der Waals surface area contributed by atoms with Gasteiger partial charge in [-0.25, -0.2) is 0 Å². The number of hydrogen-bond acceptors (Lipinski definition) is 4. The van der Waals surface area contributed by atoms with E-state index in [0.29, 0.717) is 23.7 Å². The Bertz CT molecular complexity index is 341. The predicted octanol–water partition coefficient (Wildman–Crippen LogP) is 3.44. The summed E-state index contributed by atoms with van der Waals surface area (Å²) in [7, 11) is 0. The number of aliphatic hydroxyl groups is 1. The Labute approximate surface area is 121 Å². The Hall–Kier alpha value is -0.480. The van der Waals surface area contributed by atoms with E-state index in [-0.39, 0.29) is 23.5 Å². The molecule has 1 aliphatic carbocycles. The van der Waals surface area contributed by atoms with Gasteiger partial charge in [0.25, 0.3) is 0 Å². The van der Waals surface area contributed by atoms with Crippen LogP contribution in [0.25, 0.3) is 0 Å². The minimum Gasteiger partial charge on any atom is -0.512 e. The molecular weight excluding hydrogens is 258 g/mol. The molecule has 0 aromatic carbocycles. The fourth-order valence-electron chi connectivity index (χ4n) is 2.85. The van der Waals surface area contributed by atoms with E-state index in [2.05, 4.69) is 13.8 Å². The predicted molar refractivity (Wildman–Crippen MR) is 82.5 cm³/mol. The zero-order valence-electron chi connectivity index (χ0n) is 12.3. The molecule has 0 radical (unpaired) electrons. The van der Waals surface area contributed by atoms with Gasteiger partial charge >= 0.3 is 0 Å². The first-order valence-corrected chi connectivity index (χ1v) is 8.36. The van der Waals surface area contributed by atoms with E-state index in [0.717, 1.165) is 25.0 Å². The molecule has 0 fully saturated rings. The number of thioether (sulfide) groups is 1. The van der Waals surface area contributed by atoms with Crippen molar-refractivity contribution in [1.29, 1.82) is 0 Å². The van der Waals surface area contributed by atoms with Gasteiger partial charge in [0.2, 0.25) is 0 Å². The molecular formula is C15H27NO2S. The van der Waals surface area contributed by atoms with E-state index in [4.69, 9.17) is 5.73 Å². The second-order valence-corrected chi connectivity index (χ2v) is 7.17. The van der Waals surface area contributed by atoms with Gasteiger partial charge in [-0.05, 0) is 24.5 Å². The summed E-state index contributed by atoms with van der Waals surface area (Å²) in [6.45, 7) is 6.38. The van der Waals surface area contributed by atoms with Crippen LogP contribution in [0.1, 0.15) is 52.9 Å². The number of allylic oxidation sites excluding steroid dienone is 1. The van der Waals surface area contributed by atoms with Crippen LogP contribution in [-0.4, -0.2) is 27.9 Å². The van der Waals surface area contributed by atoms with Gasteiger partial charge in [-0.2, -0.15) is 11.8 Å². The van der Waals surface area contributed by atoms with E-state index in [1.54, 1.807) is 0 Å². The number of ketones is 1. The smallest absolute Gasteiger partial charge is 0.164 e. The number of carbonyl (C=O) groups is 1. The van der Waals surface area contributed by atoms with Crippen LogP contribution in [0.2, 0.25) is 0 Å². The van der Waals surface area contributed by atoms with Crippen LogP contribution < -0.4 is 5.73 Å². The van der Waals surface area contributed by atoms with Gasteiger partial charge in [-0.3, -0.25) is 4.79 Å². The van der Waals surface area contributed by atoms with E-state index in [1.807, 2.05) is 18.7 Å². The van der Waals surface area contributed by atoms with Gasteiger partial charge in [0.15, 0.2) is 5.78 Å². The zero-order chi connectivity index (χ0) is 14.4. The number of nitrogens with two attached hydrogens (primary N) is 1. The summed E-state index contributed by atoms with van der Waals surface area (Å²) in [4.78, 5) is 12.2. The Morgan fingerprint density at radius 2 is 2.11 bits per heavy atom. The lowest BCUT2D eigenvalue weighted by Crippen LogP contribution is -2.33. The van der Waals surface area contributed by atoms with Crippen molar-refractivity contribution in [1.82, 2.24) is 0 Å². The average Bonchev–Trinajstić information content (AvgIpc) is 2.28. The monoisotopic (exact) mass is 285 g/mol. The van der Waals surface area contributed by atoms with Gasteiger partial charge in [-0.1, -0.05) is 27.2 Å². The molecule has 0 aliphatic heterocycles. The maximum absolute atomic E-state index is 12.2. The molecule has 110 valence electrons. The van der Waals surface area contributed by atoms with Crippen molar-refractivity contribution in [3.63, 3.8) is 0 Å². The Morgan fingerprint density at radius 3 is 2.63 bits per heavy atom. The summed E-state index contributed by atoms with van der Waals surface area (Å²) >= 11 is 1.91. The van der Waals surface area contributed by atoms with E-state index < -0.39 is 0 Å². The molecule has 4 heteroatoms. The fraction of sp³-hybridized carbons (Fsp3) is 0.800. The highest BCUT2D eigenvalue weighted by Crippen LogP contribution is 2.32.